The van der Waals surface area contributed by atoms with Crippen LogP contribution in [0.1, 0.15) is 17.9 Å². The molecule has 1 aromatic carbocycles. The van der Waals surface area contributed by atoms with Crippen LogP contribution in [-0.2, 0) is 4.74 Å². The van der Waals surface area contributed by atoms with E-state index < -0.39 is 0 Å². The van der Waals surface area contributed by atoms with Crippen LogP contribution in [-0.4, -0.2) is 19.8 Å². The van der Waals surface area contributed by atoms with Crippen molar-refractivity contribution in [3.05, 3.63) is 29.8 Å². The minimum Gasteiger partial charge on any atom is -0.497 e. The van der Waals surface area contributed by atoms with Crippen LogP contribution in [0.2, 0.25) is 0 Å². The number of nitriles is 1. The van der Waals surface area contributed by atoms with Gasteiger partial charge in [0.1, 0.15) is 5.75 Å². The monoisotopic (exact) mass is 203 g/mol. The lowest BCUT2D eigenvalue weighted by Gasteiger charge is -2.08. The Hall–Kier alpha value is -1.53. The minimum atomic E-state index is -0.0663. The van der Waals surface area contributed by atoms with Gasteiger partial charge in [-0.3, -0.25) is 0 Å². The summed E-state index contributed by atoms with van der Waals surface area (Å²) < 4.78 is 10.2. The number of rotatable bonds is 4. The number of hydrogen-bond acceptors (Lipinski definition) is 3. The molecule has 3 heteroatoms. The molecule has 0 bridgehead atoms. The summed E-state index contributed by atoms with van der Waals surface area (Å²) in [5.41, 5.74) is 1.04. The zero-order valence-corrected chi connectivity index (χ0v) is 8.64. The van der Waals surface area contributed by atoms with Crippen molar-refractivity contribution in [2.75, 3.05) is 13.7 Å². The van der Waals surface area contributed by atoms with Gasteiger partial charge in [0.15, 0.2) is 0 Å². The third kappa shape index (κ3) is 2.48. The van der Waals surface area contributed by atoms with Gasteiger partial charge in [-0.15, -0.1) is 0 Å². The van der Waals surface area contributed by atoms with Crippen LogP contribution in [0.25, 0.3) is 0 Å². The van der Waals surface area contributed by atoms with Crippen LogP contribution in [0.5, 0.6) is 5.75 Å². The molecule has 1 aliphatic rings. The van der Waals surface area contributed by atoms with Crippen LogP contribution in [0.4, 0.5) is 0 Å². The SMILES string of the molecule is COc1ccc(C(C#N)C[C@@H]2CO2)cc1. The second-order valence-corrected chi connectivity index (χ2v) is 3.65. The first-order valence-corrected chi connectivity index (χ1v) is 4.98. The van der Waals surface area contributed by atoms with E-state index in [9.17, 15) is 0 Å². The van der Waals surface area contributed by atoms with Crippen LogP contribution in [0, 0.1) is 11.3 Å². The molecule has 1 aliphatic heterocycles. The molecule has 2 rings (SSSR count). The molecule has 0 N–H and O–H groups in total. The second kappa shape index (κ2) is 4.33. The maximum absolute atomic E-state index is 9.05. The third-order valence-corrected chi connectivity index (χ3v) is 2.57. The van der Waals surface area contributed by atoms with Crippen molar-refractivity contribution < 1.29 is 9.47 Å². The van der Waals surface area contributed by atoms with Gasteiger partial charge < -0.3 is 9.47 Å². The van der Waals surface area contributed by atoms with E-state index in [0.717, 1.165) is 24.3 Å². The Balaban J connectivity index is 2.08. The van der Waals surface area contributed by atoms with E-state index in [1.165, 1.54) is 0 Å². The van der Waals surface area contributed by atoms with E-state index in [-0.39, 0.29) is 12.0 Å². The van der Waals surface area contributed by atoms with Crippen LogP contribution >= 0.6 is 0 Å². The average Bonchev–Trinajstić information content (AvgIpc) is 3.10. The fraction of sp³-hybridized carbons (Fsp3) is 0.417. The summed E-state index contributed by atoms with van der Waals surface area (Å²) in [4.78, 5) is 0. The first-order valence-electron chi connectivity index (χ1n) is 4.98. The maximum Gasteiger partial charge on any atom is 0.118 e. The topological polar surface area (TPSA) is 45.5 Å². The number of ether oxygens (including phenoxy) is 2. The molecule has 78 valence electrons. The summed E-state index contributed by atoms with van der Waals surface area (Å²) in [5, 5.41) is 9.05. The van der Waals surface area contributed by atoms with E-state index in [0.29, 0.717) is 0 Å². The van der Waals surface area contributed by atoms with Crippen LogP contribution in [0.15, 0.2) is 24.3 Å². The van der Waals surface area contributed by atoms with E-state index in [4.69, 9.17) is 14.7 Å². The first-order chi connectivity index (χ1) is 7.33. The molecule has 0 aromatic heterocycles. The number of benzene rings is 1. The molecule has 1 aromatic rings. The van der Waals surface area contributed by atoms with Gasteiger partial charge in [0.2, 0.25) is 0 Å². The molecule has 1 heterocycles. The van der Waals surface area contributed by atoms with E-state index in [2.05, 4.69) is 6.07 Å². The van der Waals surface area contributed by atoms with Gasteiger partial charge in [0, 0.05) is 0 Å². The Labute approximate surface area is 89.2 Å². The minimum absolute atomic E-state index is 0.0663. The third-order valence-electron chi connectivity index (χ3n) is 2.57. The van der Waals surface area contributed by atoms with Gasteiger partial charge in [0.25, 0.3) is 0 Å². The molecule has 0 amide bonds. The van der Waals surface area contributed by atoms with Gasteiger partial charge in [0.05, 0.1) is 31.8 Å². The maximum atomic E-state index is 9.05. The lowest BCUT2D eigenvalue weighted by molar-refractivity contribution is 0.391. The van der Waals surface area contributed by atoms with Crippen molar-refractivity contribution >= 4 is 0 Å². The van der Waals surface area contributed by atoms with E-state index in [1.54, 1.807) is 7.11 Å². The second-order valence-electron chi connectivity index (χ2n) is 3.65. The highest BCUT2D eigenvalue weighted by Crippen LogP contribution is 2.27. The Kier molecular flexibility index (Phi) is 2.89. The van der Waals surface area contributed by atoms with Crippen molar-refractivity contribution in [3.63, 3.8) is 0 Å². The molecule has 3 nitrogen and oxygen atoms in total. The van der Waals surface area contributed by atoms with Gasteiger partial charge in [-0.2, -0.15) is 5.26 Å². The fourth-order valence-corrected chi connectivity index (χ4v) is 1.57. The summed E-state index contributed by atoms with van der Waals surface area (Å²) in [6.07, 6.45) is 1.08. The van der Waals surface area contributed by atoms with E-state index >= 15 is 0 Å². The Morgan fingerprint density at radius 3 is 2.67 bits per heavy atom. The fourth-order valence-electron chi connectivity index (χ4n) is 1.57. The Bertz CT molecular complexity index is 362. The molecular weight excluding hydrogens is 190 g/mol. The van der Waals surface area contributed by atoms with Gasteiger partial charge in [-0.05, 0) is 24.1 Å². The van der Waals surface area contributed by atoms with Gasteiger partial charge >= 0.3 is 0 Å². The van der Waals surface area contributed by atoms with Crippen LogP contribution < -0.4 is 4.74 Å². The first kappa shape index (κ1) is 10.0. The average molecular weight is 203 g/mol. The molecule has 0 radical (unpaired) electrons. The highest BCUT2D eigenvalue weighted by Gasteiger charge is 2.27. The van der Waals surface area contributed by atoms with Crippen LogP contribution in [0.3, 0.4) is 0 Å². The molecule has 1 saturated heterocycles. The van der Waals surface area contributed by atoms with Crippen molar-refractivity contribution in [1.82, 2.24) is 0 Å². The molecule has 1 unspecified atom stereocenters. The van der Waals surface area contributed by atoms with Crippen molar-refractivity contribution in [2.24, 2.45) is 0 Å². The lowest BCUT2D eigenvalue weighted by Crippen LogP contribution is -2.00. The smallest absolute Gasteiger partial charge is 0.118 e. The molecule has 2 atom stereocenters. The number of nitrogens with zero attached hydrogens (tertiary/aromatic N) is 1. The van der Waals surface area contributed by atoms with E-state index in [1.807, 2.05) is 24.3 Å². The number of methoxy groups -OCH3 is 1. The van der Waals surface area contributed by atoms with Crippen molar-refractivity contribution in [2.45, 2.75) is 18.4 Å². The summed E-state index contributed by atoms with van der Waals surface area (Å²) in [7, 11) is 1.63. The molecule has 0 spiro atoms. The summed E-state index contributed by atoms with van der Waals surface area (Å²) in [5.74, 6) is 0.751. The van der Waals surface area contributed by atoms with Gasteiger partial charge in [-0.25, -0.2) is 0 Å². The predicted molar refractivity (Wildman–Crippen MR) is 55.7 cm³/mol. The molecule has 0 saturated carbocycles. The summed E-state index contributed by atoms with van der Waals surface area (Å²) in [6.45, 7) is 0.800. The van der Waals surface area contributed by atoms with Crippen molar-refractivity contribution in [1.29, 1.82) is 5.26 Å². The lowest BCUT2D eigenvalue weighted by atomic mass is 9.96. The van der Waals surface area contributed by atoms with Crippen molar-refractivity contribution in [3.8, 4) is 11.8 Å². The molecule has 0 aliphatic carbocycles. The summed E-state index contributed by atoms with van der Waals surface area (Å²) in [6, 6.07) is 9.95. The predicted octanol–water partition coefficient (Wildman–Crippen LogP) is 2.09. The molecule has 1 fully saturated rings. The number of epoxide rings is 1. The van der Waals surface area contributed by atoms with Gasteiger partial charge in [-0.1, -0.05) is 12.1 Å². The zero-order valence-electron chi connectivity index (χ0n) is 8.64. The highest BCUT2D eigenvalue weighted by atomic mass is 16.6. The quantitative estimate of drug-likeness (QED) is 0.704. The molecule has 15 heavy (non-hydrogen) atoms. The summed E-state index contributed by atoms with van der Waals surface area (Å²) >= 11 is 0. The zero-order chi connectivity index (χ0) is 10.7. The Morgan fingerprint density at radius 1 is 1.53 bits per heavy atom. The number of hydrogen-bond donors (Lipinski definition) is 0. The standard InChI is InChI=1S/C12H13NO2/c1-14-11-4-2-9(3-5-11)10(7-13)6-12-8-15-12/h2-5,10,12H,6,8H2,1H3/t10?,12-/m1/s1. The normalized spacial score (nSPS) is 20.4. The highest BCUT2D eigenvalue weighted by molar-refractivity contribution is 5.32. The molecular formula is C12H13NO2. The Morgan fingerprint density at radius 2 is 2.20 bits per heavy atom. The largest absolute Gasteiger partial charge is 0.497 e.